The van der Waals surface area contributed by atoms with E-state index in [1.54, 1.807) is 17.8 Å². The van der Waals surface area contributed by atoms with E-state index in [-0.39, 0.29) is 5.78 Å². The number of allylic oxidation sites excluding steroid dienone is 1. The third kappa shape index (κ3) is 3.80. The number of anilines is 2. The molecule has 0 unspecified atom stereocenters. The summed E-state index contributed by atoms with van der Waals surface area (Å²) in [4.78, 5) is 15.0. The molecule has 0 fully saturated rings. The minimum atomic E-state index is -0.0760. The molecule has 4 aromatic rings. The lowest BCUT2D eigenvalue weighted by atomic mass is 10.1. The Bertz CT molecular complexity index is 1270. The Morgan fingerprint density at radius 1 is 0.900 bits per heavy atom. The van der Waals surface area contributed by atoms with Crippen LogP contribution in [0.15, 0.2) is 99.1 Å². The highest BCUT2D eigenvalue weighted by Crippen LogP contribution is 2.44. The van der Waals surface area contributed by atoms with Crippen molar-refractivity contribution in [3.8, 4) is 11.3 Å². The SMILES string of the molecule is O=C(C=Cc1ccc(-c2ccc(Cl)cc2)o1)c1ccc2c(c1)Nc1ccccc1S2. The van der Waals surface area contributed by atoms with E-state index in [1.165, 1.54) is 11.0 Å². The molecule has 0 radical (unpaired) electrons. The Morgan fingerprint density at radius 2 is 1.70 bits per heavy atom. The van der Waals surface area contributed by atoms with E-state index in [1.807, 2.05) is 72.8 Å². The maximum atomic E-state index is 12.7. The number of halogens is 1. The number of carbonyl (C=O) groups excluding carboxylic acids is 1. The number of rotatable bonds is 4. The fraction of sp³-hybridized carbons (Fsp3) is 0. The maximum absolute atomic E-state index is 12.7. The molecule has 0 spiro atoms. The second-order valence-electron chi connectivity index (χ2n) is 6.84. The standard InChI is InChI=1S/C25H16ClNO2S/c26-18-8-5-16(6-9-18)23-13-11-19(29-23)10-12-22(28)17-7-14-25-21(15-17)27-20-3-1-2-4-24(20)30-25/h1-15,27H. The van der Waals surface area contributed by atoms with Gasteiger partial charge in [0.2, 0.25) is 0 Å². The molecule has 3 aromatic carbocycles. The van der Waals surface area contributed by atoms with E-state index in [4.69, 9.17) is 16.0 Å². The fourth-order valence-corrected chi connectivity index (χ4v) is 4.35. The molecule has 1 aromatic heterocycles. The molecule has 0 saturated carbocycles. The lowest BCUT2D eigenvalue weighted by Gasteiger charge is -2.20. The quantitative estimate of drug-likeness (QED) is 0.234. The van der Waals surface area contributed by atoms with Gasteiger partial charge in [0.15, 0.2) is 5.78 Å². The third-order valence-corrected chi connectivity index (χ3v) is 6.20. The highest BCUT2D eigenvalue weighted by atomic mass is 35.5. The van der Waals surface area contributed by atoms with Gasteiger partial charge in [-0.15, -0.1) is 0 Å². The predicted molar refractivity (Wildman–Crippen MR) is 123 cm³/mol. The third-order valence-electron chi connectivity index (χ3n) is 4.79. The molecule has 0 atom stereocenters. The van der Waals surface area contributed by atoms with Gasteiger partial charge in [-0.3, -0.25) is 4.79 Å². The van der Waals surface area contributed by atoms with Crippen molar-refractivity contribution in [2.75, 3.05) is 5.32 Å². The highest BCUT2D eigenvalue weighted by Gasteiger charge is 2.16. The van der Waals surface area contributed by atoms with E-state index in [0.29, 0.717) is 16.3 Å². The molecule has 30 heavy (non-hydrogen) atoms. The Balaban J connectivity index is 1.33. The average Bonchev–Trinajstić information content (AvgIpc) is 3.25. The van der Waals surface area contributed by atoms with Crippen molar-refractivity contribution in [2.24, 2.45) is 0 Å². The number of furan rings is 1. The second-order valence-corrected chi connectivity index (χ2v) is 8.36. The van der Waals surface area contributed by atoms with Gasteiger partial charge >= 0.3 is 0 Å². The molecular weight excluding hydrogens is 414 g/mol. The summed E-state index contributed by atoms with van der Waals surface area (Å²) in [5, 5.41) is 4.09. The number of nitrogens with one attached hydrogen (secondary N) is 1. The highest BCUT2D eigenvalue weighted by molar-refractivity contribution is 7.99. The predicted octanol–water partition coefficient (Wildman–Crippen LogP) is 7.70. The Labute approximate surface area is 183 Å². The summed E-state index contributed by atoms with van der Waals surface area (Å²) in [6.45, 7) is 0. The molecule has 1 N–H and O–H groups in total. The van der Waals surface area contributed by atoms with Crippen LogP contribution in [0.25, 0.3) is 17.4 Å². The first-order chi connectivity index (χ1) is 14.7. The smallest absolute Gasteiger partial charge is 0.186 e. The van der Waals surface area contributed by atoms with E-state index in [0.717, 1.165) is 27.6 Å². The molecule has 146 valence electrons. The summed E-state index contributed by atoms with van der Waals surface area (Å²) in [6.07, 6.45) is 3.23. The average molecular weight is 430 g/mol. The number of carbonyl (C=O) groups is 1. The summed E-state index contributed by atoms with van der Waals surface area (Å²) in [7, 11) is 0. The van der Waals surface area contributed by atoms with Gasteiger partial charge in [0.25, 0.3) is 0 Å². The molecule has 0 aliphatic carbocycles. The van der Waals surface area contributed by atoms with Crippen LogP contribution in [0.4, 0.5) is 11.4 Å². The second kappa shape index (κ2) is 7.90. The molecule has 0 bridgehead atoms. The van der Waals surface area contributed by atoms with E-state index in [2.05, 4.69) is 11.4 Å². The maximum Gasteiger partial charge on any atom is 0.186 e. The Kier molecular flexibility index (Phi) is 4.95. The van der Waals surface area contributed by atoms with Crippen molar-refractivity contribution in [3.05, 3.63) is 101 Å². The van der Waals surface area contributed by atoms with Crippen molar-refractivity contribution in [1.29, 1.82) is 0 Å². The van der Waals surface area contributed by atoms with E-state index >= 15 is 0 Å². The normalized spacial score (nSPS) is 12.3. The van der Waals surface area contributed by atoms with Crippen LogP contribution in [-0.2, 0) is 0 Å². The number of hydrogen-bond donors (Lipinski definition) is 1. The molecule has 0 amide bonds. The Hall–Kier alpha value is -3.21. The van der Waals surface area contributed by atoms with Gasteiger partial charge in [-0.05, 0) is 78.9 Å². The van der Waals surface area contributed by atoms with Crippen LogP contribution < -0.4 is 5.32 Å². The van der Waals surface area contributed by atoms with E-state index < -0.39 is 0 Å². The minimum Gasteiger partial charge on any atom is -0.457 e. The molecule has 5 heteroatoms. The van der Waals surface area contributed by atoms with Crippen LogP contribution in [0.5, 0.6) is 0 Å². The van der Waals surface area contributed by atoms with Crippen LogP contribution in [0.3, 0.4) is 0 Å². The summed E-state index contributed by atoms with van der Waals surface area (Å²) in [5.41, 5.74) is 3.56. The van der Waals surface area contributed by atoms with E-state index in [9.17, 15) is 4.79 Å². The summed E-state index contributed by atoms with van der Waals surface area (Å²) in [5.74, 6) is 1.27. The summed E-state index contributed by atoms with van der Waals surface area (Å²) in [6, 6.07) is 25.0. The summed E-state index contributed by atoms with van der Waals surface area (Å²) >= 11 is 7.63. The van der Waals surface area contributed by atoms with Gasteiger partial charge in [0.05, 0.1) is 11.4 Å². The first-order valence-electron chi connectivity index (χ1n) is 9.42. The first-order valence-corrected chi connectivity index (χ1v) is 10.6. The molecule has 3 nitrogen and oxygen atoms in total. The molecule has 1 aliphatic rings. The zero-order chi connectivity index (χ0) is 20.5. The summed E-state index contributed by atoms with van der Waals surface area (Å²) < 4.78 is 5.83. The first kappa shape index (κ1) is 18.8. The van der Waals surface area contributed by atoms with Crippen molar-refractivity contribution >= 4 is 46.6 Å². The molecule has 0 saturated heterocycles. The monoisotopic (exact) mass is 429 g/mol. The van der Waals surface area contributed by atoms with Gasteiger partial charge in [0, 0.05) is 25.9 Å². The Morgan fingerprint density at radius 3 is 2.57 bits per heavy atom. The minimum absolute atomic E-state index is 0.0760. The zero-order valence-corrected chi connectivity index (χ0v) is 17.3. The number of para-hydroxylation sites is 1. The van der Waals surface area contributed by atoms with Crippen molar-refractivity contribution < 1.29 is 9.21 Å². The molecule has 5 rings (SSSR count). The van der Waals surface area contributed by atoms with Crippen LogP contribution in [0.1, 0.15) is 16.1 Å². The van der Waals surface area contributed by atoms with Gasteiger partial charge in [-0.2, -0.15) is 0 Å². The molecule has 1 aliphatic heterocycles. The van der Waals surface area contributed by atoms with Crippen LogP contribution >= 0.6 is 23.4 Å². The van der Waals surface area contributed by atoms with Crippen molar-refractivity contribution in [3.63, 3.8) is 0 Å². The lowest BCUT2D eigenvalue weighted by molar-refractivity contribution is 0.104. The number of benzene rings is 3. The van der Waals surface area contributed by atoms with Gasteiger partial charge in [-0.25, -0.2) is 0 Å². The largest absolute Gasteiger partial charge is 0.457 e. The number of ketones is 1. The van der Waals surface area contributed by atoms with Gasteiger partial charge in [0.1, 0.15) is 11.5 Å². The fourth-order valence-electron chi connectivity index (χ4n) is 3.26. The zero-order valence-electron chi connectivity index (χ0n) is 15.8. The van der Waals surface area contributed by atoms with Crippen molar-refractivity contribution in [1.82, 2.24) is 0 Å². The van der Waals surface area contributed by atoms with Gasteiger partial charge in [-0.1, -0.05) is 35.5 Å². The van der Waals surface area contributed by atoms with Gasteiger partial charge < -0.3 is 9.73 Å². The molecule has 2 heterocycles. The number of hydrogen-bond acceptors (Lipinski definition) is 4. The lowest BCUT2D eigenvalue weighted by Crippen LogP contribution is -2.02. The topological polar surface area (TPSA) is 42.2 Å². The van der Waals surface area contributed by atoms with Crippen LogP contribution in [0, 0.1) is 0 Å². The molecular formula is C25H16ClNO2S. The van der Waals surface area contributed by atoms with Crippen molar-refractivity contribution in [2.45, 2.75) is 9.79 Å². The number of fused-ring (bicyclic) bond motifs is 2. The van der Waals surface area contributed by atoms with Crippen LogP contribution in [0.2, 0.25) is 5.02 Å². The van der Waals surface area contributed by atoms with Crippen LogP contribution in [-0.4, -0.2) is 5.78 Å².